The lowest BCUT2D eigenvalue weighted by Gasteiger charge is -2.31. The maximum absolute atomic E-state index is 11.9. The fraction of sp³-hybridized carbons (Fsp3) is 0.611. The van der Waals surface area contributed by atoms with Crippen molar-refractivity contribution in [3.8, 4) is 0 Å². The molecule has 0 aliphatic heterocycles. The van der Waals surface area contributed by atoms with Gasteiger partial charge in [0.05, 0.1) is 0 Å². The number of carbonyl (C=O) groups is 1. The molecule has 1 amide bonds. The third kappa shape index (κ3) is 6.80. The molecule has 5 heteroatoms. The number of amides is 1. The van der Waals surface area contributed by atoms with E-state index < -0.39 is 5.60 Å². The predicted octanol–water partition coefficient (Wildman–Crippen LogP) is 4.27. The van der Waals surface area contributed by atoms with E-state index in [9.17, 15) is 4.79 Å². The predicted molar refractivity (Wildman–Crippen MR) is 93.7 cm³/mol. The van der Waals surface area contributed by atoms with Gasteiger partial charge in [0.15, 0.2) is 0 Å². The molecular formula is C18H27ClN2O2. The molecule has 1 aromatic carbocycles. The van der Waals surface area contributed by atoms with Crippen LogP contribution in [0.2, 0.25) is 5.02 Å². The highest BCUT2D eigenvalue weighted by Crippen LogP contribution is 2.20. The third-order valence-corrected chi connectivity index (χ3v) is 4.16. The van der Waals surface area contributed by atoms with Gasteiger partial charge in [-0.25, -0.2) is 4.79 Å². The van der Waals surface area contributed by atoms with Crippen molar-refractivity contribution in [2.75, 3.05) is 0 Å². The average molecular weight is 339 g/mol. The quantitative estimate of drug-likeness (QED) is 0.862. The number of halogens is 1. The summed E-state index contributed by atoms with van der Waals surface area (Å²) >= 11 is 5.90. The summed E-state index contributed by atoms with van der Waals surface area (Å²) in [5.41, 5.74) is 0.766. The van der Waals surface area contributed by atoms with Crippen LogP contribution in [0.5, 0.6) is 0 Å². The first kappa shape index (κ1) is 18.1. The Morgan fingerprint density at radius 3 is 2.52 bits per heavy atom. The molecule has 0 bridgehead atoms. The van der Waals surface area contributed by atoms with E-state index in [1.54, 1.807) is 0 Å². The topological polar surface area (TPSA) is 50.4 Å². The van der Waals surface area contributed by atoms with Gasteiger partial charge in [-0.05, 0) is 64.2 Å². The van der Waals surface area contributed by atoms with Crippen LogP contribution in [-0.4, -0.2) is 23.8 Å². The van der Waals surface area contributed by atoms with Crippen LogP contribution >= 0.6 is 11.6 Å². The van der Waals surface area contributed by atoms with Gasteiger partial charge in [0.1, 0.15) is 5.60 Å². The molecule has 0 spiro atoms. The zero-order valence-corrected chi connectivity index (χ0v) is 15.0. The summed E-state index contributed by atoms with van der Waals surface area (Å²) in [4.78, 5) is 11.9. The molecule has 0 heterocycles. The number of benzene rings is 1. The molecule has 1 fully saturated rings. The van der Waals surface area contributed by atoms with Crippen LogP contribution in [0.15, 0.2) is 24.3 Å². The van der Waals surface area contributed by atoms with Crippen LogP contribution in [-0.2, 0) is 11.3 Å². The fourth-order valence-corrected chi connectivity index (χ4v) is 2.97. The summed E-state index contributed by atoms with van der Waals surface area (Å²) in [6, 6.07) is 8.49. The Hall–Kier alpha value is -1.26. The van der Waals surface area contributed by atoms with E-state index in [4.69, 9.17) is 16.3 Å². The van der Waals surface area contributed by atoms with Crippen molar-refractivity contribution in [3.63, 3.8) is 0 Å². The minimum atomic E-state index is -0.453. The van der Waals surface area contributed by atoms with E-state index in [1.807, 2.05) is 45.0 Å². The van der Waals surface area contributed by atoms with Crippen LogP contribution in [0.1, 0.15) is 52.0 Å². The minimum absolute atomic E-state index is 0.182. The molecule has 1 aromatic rings. The minimum Gasteiger partial charge on any atom is -0.444 e. The molecular weight excluding hydrogens is 312 g/mol. The lowest BCUT2D eigenvalue weighted by molar-refractivity contribution is 0.0488. The normalized spacial score (nSPS) is 21.7. The van der Waals surface area contributed by atoms with Gasteiger partial charge in [0.25, 0.3) is 0 Å². The molecule has 2 N–H and O–H groups in total. The zero-order chi connectivity index (χ0) is 16.9. The Labute approximate surface area is 143 Å². The zero-order valence-electron chi connectivity index (χ0n) is 14.2. The summed E-state index contributed by atoms with van der Waals surface area (Å²) in [5.74, 6) is 0. The van der Waals surface area contributed by atoms with E-state index >= 15 is 0 Å². The van der Waals surface area contributed by atoms with Crippen molar-refractivity contribution in [1.82, 2.24) is 10.6 Å². The van der Waals surface area contributed by atoms with Crippen LogP contribution in [0, 0.1) is 0 Å². The molecule has 2 atom stereocenters. The van der Waals surface area contributed by atoms with Gasteiger partial charge < -0.3 is 15.4 Å². The molecule has 0 radical (unpaired) electrons. The Morgan fingerprint density at radius 1 is 1.22 bits per heavy atom. The van der Waals surface area contributed by atoms with Crippen molar-refractivity contribution in [3.05, 3.63) is 34.9 Å². The molecule has 1 aliphatic carbocycles. The molecule has 23 heavy (non-hydrogen) atoms. The summed E-state index contributed by atoms with van der Waals surface area (Å²) in [7, 11) is 0. The van der Waals surface area contributed by atoms with E-state index in [0.717, 1.165) is 37.3 Å². The van der Waals surface area contributed by atoms with Gasteiger partial charge in [-0.3, -0.25) is 0 Å². The second-order valence-corrected chi connectivity index (χ2v) is 7.65. The van der Waals surface area contributed by atoms with Crippen molar-refractivity contribution in [2.24, 2.45) is 0 Å². The monoisotopic (exact) mass is 338 g/mol. The van der Waals surface area contributed by atoms with Crippen LogP contribution in [0.3, 0.4) is 0 Å². The Morgan fingerprint density at radius 2 is 1.87 bits per heavy atom. The van der Waals surface area contributed by atoms with Crippen molar-refractivity contribution in [1.29, 1.82) is 0 Å². The van der Waals surface area contributed by atoms with Crippen LogP contribution < -0.4 is 10.6 Å². The smallest absolute Gasteiger partial charge is 0.407 e. The summed E-state index contributed by atoms with van der Waals surface area (Å²) < 4.78 is 5.33. The maximum Gasteiger partial charge on any atom is 0.407 e. The molecule has 1 saturated carbocycles. The van der Waals surface area contributed by atoms with Gasteiger partial charge >= 0.3 is 6.09 Å². The number of hydrogen-bond donors (Lipinski definition) is 2. The Balaban J connectivity index is 1.76. The molecule has 0 aromatic heterocycles. The van der Waals surface area contributed by atoms with Crippen LogP contribution in [0.4, 0.5) is 4.79 Å². The van der Waals surface area contributed by atoms with Gasteiger partial charge in [-0.15, -0.1) is 0 Å². The van der Waals surface area contributed by atoms with E-state index in [-0.39, 0.29) is 12.1 Å². The first-order valence-corrected chi connectivity index (χ1v) is 8.67. The number of alkyl carbamates (subject to hydrolysis) is 1. The summed E-state index contributed by atoms with van der Waals surface area (Å²) in [6.07, 6.45) is 3.88. The SMILES string of the molecule is CC(C)(C)OC(=O)NC1CCCC(NCc2ccc(Cl)cc2)C1. The molecule has 128 valence electrons. The van der Waals surface area contributed by atoms with E-state index in [1.165, 1.54) is 5.56 Å². The number of rotatable bonds is 4. The summed E-state index contributed by atoms with van der Waals surface area (Å²) in [5, 5.41) is 7.32. The standard InChI is InChI=1S/C18H27ClN2O2/c1-18(2,3)23-17(22)21-16-6-4-5-15(11-16)20-12-13-7-9-14(19)10-8-13/h7-10,15-16,20H,4-6,11-12H2,1-3H3,(H,21,22). The first-order valence-electron chi connectivity index (χ1n) is 8.29. The lowest BCUT2D eigenvalue weighted by atomic mass is 9.91. The fourth-order valence-electron chi connectivity index (χ4n) is 2.84. The second kappa shape index (κ2) is 8.02. The van der Waals surface area contributed by atoms with Crippen molar-refractivity contribution >= 4 is 17.7 Å². The lowest BCUT2D eigenvalue weighted by Crippen LogP contribution is -2.45. The molecule has 0 saturated heterocycles. The van der Waals surface area contributed by atoms with Crippen molar-refractivity contribution in [2.45, 2.75) is 70.7 Å². The Bertz CT molecular complexity index is 511. The number of hydrogen-bond acceptors (Lipinski definition) is 3. The second-order valence-electron chi connectivity index (χ2n) is 7.21. The van der Waals surface area contributed by atoms with Gasteiger partial charge in [-0.2, -0.15) is 0 Å². The highest BCUT2D eigenvalue weighted by atomic mass is 35.5. The average Bonchev–Trinajstić information content (AvgIpc) is 2.45. The highest BCUT2D eigenvalue weighted by molar-refractivity contribution is 6.30. The molecule has 1 aliphatic rings. The number of ether oxygens (including phenoxy) is 1. The van der Waals surface area contributed by atoms with Gasteiger partial charge in [0, 0.05) is 23.7 Å². The maximum atomic E-state index is 11.9. The molecule has 2 rings (SSSR count). The number of nitrogens with one attached hydrogen (secondary N) is 2. The van der Waals surface area contributed by atoms with E-state index in [0.29, 0.717) is 6.04 Å². The molecule has 4 nitrogen and oxygen atoms in total. The van der Waals surface area contributed by atoms with Crippen molar-refractivity contribution < 1.29 is 9.53 Å². The van der Waals surface area contributed by atoms with Gasteiger partial charge in [-0.1, -0.05) is 23.7 Å². The Kier molecular flexibility index (Phi) is 6.31. The third-order valence-electron chi connectivity index (χ3n) is 3.90. The molecule has 2 unspecified atom stereocenters. The van der Waals surface area contributed by atoms with Gasteiger partial charge in [0.2, 0.25) is 0 Å². The van der Waals surface area contributed by atoms with E-state index in [2.05, 4.69) is 10.6 Å². The first-order chi connectivity index (χ1) is 10.8. The number of carbonyl (C=O) groups excluding carboxylic acids is 1. The largest absolute Gasteiger partial charge is 0.444 e. The van der Waals surface area contributed by atoms with Crippen LogP contribution in [0.25, 0.3) is 0 Å². The summed E-state index contributed by atoms with van der Waals surface area (Å²) in [6.45, 7) is 6.46. The highest BCUT2D eigenvalue weighted by Gasteiger charge is 2.25.